The first-order chi connectivity index (χ1) is 15.3. The van der Waals surface area contributed by atoms with E-state index in [0.717, 1.165) is 40.6 Å². The van der Waals surface area contributed by atoms with Crippen LogP contribution in [0.25, 0.3) is 0 Å². The van der Waals surface area contributed by atoms with Crippen molar-refractivity contribution in [3.8, 4) is 0 Å². The fourth-order valence-electron chi connectivity index (χ4n) is 3.37. The maximum Gasteiger partial charge on any atom is 0.307 e. The first-order valence-corrected chi connectivity index (χ1v) is 11.5. The molecule has 32 heavy (non-hydrogen) atoms. The first kappa shape index (κ1) is 23.4. The van der Waals surface area contributed by atoms with Crippen molar-refractivity contribution in [1.29, 1.82) is 0 Å². The lowest BCUT2D eigenvalue weighted by Gasteiger charge is -2.33. The Morgan fingerprint density at radius 2 is 1.84 bits per heavy atom. The van der Waals surface area contributed by atoms with Crippen LogP contribution in [0.15, 0.2) is 59.5 Å². The van der Waals surface area contributed by atoms with Gasteiger partial charge in [-0.3, -0.25) is 19.7 Å². The fourth-order valence-corrected chi connectivity index (χ4v) is 4.96. The Bertz CT molecular complexity index is 1070. The summed E-state index contributed by atoms with van der Waals surface area (Å²) in [6.45, 7) is 0.210. The molecule has 0 bridgehead atoms. The normalized spacial score (nSPS) is 16.9. The topological polar surface area (TPSA) is 136 Å². The van der Waals surface area contributed by atoms with Gasteiger partial charge >= 0.3 is 5.97 Å². The number of non-ortho nitro benzene ring substituents is 1. The molecular weight excluding hydrogens is 438 g/mol. The second-order valence-electron chi connectivity index (χ2n) is 7.19. The lowest BCUT2D eigenvalue weighted by Crippen LogP contribution is -2.57. The molecule has 1 amide bonds. The monoisotopic (exact) mass is 461 g/mol. The van der Waals surface area contributed by atoms with Crippen LogP contribution in [-0.2, 0) is 30.8 Å². The molecule has 1 aliphatic rings. The predicted molar refractivity (Wildman–Crippen MR) is 114 cm³/mol. The van der Waals surface area contributed by atoms with Crippen molar-refractivity contribution in [2.45, 2.75) is 30.2 Å². The fraction of sp³-hybridized carbons (Fsp3) is 0.333. The minimum absolute atomic E-state index is 0.0307. The number of nitrogens with zero attached hydrogens (tertiary/aromatic N) is 2. The molecule has 1 N–H and O–H groups in total. The maximum absolute atomic E-state index is 13.0. The number of nitro benzene ring substituents is 1. The summed E-state index contributed by atoms with van der Waals surface area (Å²) < 4.78 is 32.2. The van der Waals surface area contributed by atoms with E-state index in [1.165, 1.54) is 0 Å². The first-order valence-electron chi connectivity index (χ1n) is 10.0. The van der Waals surface area contributed by atoms with Gasteiger partial charge < -0.3 is 10.1 Å². The van der Waals surface area contributed by atoms with Gasteiger partial charge in [0.2, 0.25) is 15.9 Å². The van der Waals surface area contributed by atoms with Gasteiger partial charge in [-0.2, -0.15) is 4.31 Å². The van der Waals surface area contributed by atoms with Crippen LogP contribution in [0.5, 0.6) is 0 Å². The van der Waals surface area contributed by atoms with Crippen molar-refractivity contribution >= 4 is 27.6 Å². The highest BCUT2D eigenvalue weighted by Gasteiger charge is 2.40. The highest BCUT2D eigenvalue weighted by Crippen LogP contribution is 2.24. The van der Waals surface area contributed by atoms with Crippen molar-refractivity contribution in [1.82, 2.24) is 9.62 Å². The van der Waals surface area contributed by atoms with Crippen molar-refractivity contribution in [2.24, 2.45) is 0 Å². The largest absolute Gasteiger partial charge is 0.466 e. The number of hydrogen-bond donors (Lipinski definition) is 1. The molecule has 10 nitrogen and oxygen atoms in total. The molecule has 170 valence electrons. The molecule has 1 aliphatic heterocycles. The molecule has 3 rings (SSSR count). The Labute approximate surface area is 185 Å². The summed E-state index contributed by atoms with van der Waals surface area (Å²) in [5.41, 5.74) is 0.853. The van der Waals surface area contributed by atoms with Gasteiger partial charge in [0.05, 0.1) is 22.8 Å². The number of carbonyl (C=O) groups is 2. The highest BCUT2D eigenvalue weighted by atomic mass is 32.2. The van der Waals surface area contributed by atoms with E-state index in [2.05, 4.69) is 5.32 Å². The minimum Gasteiger partial charge on any atom is -0.466 e. The predicted octanol–water partition coefficient (Wildman–Crippen LogP) is 1.65. The van der Waals surface area contributed by atoms with Crippen LogP contribution in [0.4, 0.5) is 5.69 Å². The van der Waals surface area contributed by atoms with Crippen molar-refractivity contribution in [3.63, 3.8) is 0 Å². The second-order valence-corrected chi connectivity index (χ2v) is 9.08. The lowest BCUT2D eigenvalue weighted by atomic mass is 10.1. The summed E-state index contributed by atoms with van der Waals surface area (Å²) in [5, 5.41) is 13.4. The summed E-state index contributed by atoms with van der Waals surface area (Å²) in [6, 6.07) is 12.8. The standard InChI is InChI=1S/C21H23N3O7S/c25-20(31-14-4-7-16-5-2-1-3-6-16)15-19-21(26)22-12-13-23(19)32(29,30)18-10-8-17(9-11-18)24(27)28/h1-3,5-6,8-11,19H,4,7,12-15H2,(H,22,26). The van der Waals surface area contributed by atoms with Crippen LogP contribution in [0.3, 0.4) is 0 Å². The average molecular weight is 461 g/mol. The van der Waals surface area contributed by atoms with Crippen LogP contribution in [-0.4, -0.2) is 55.3 Å². The summed E-state index contributed by atoms with van der Waals surface area (Å²) >= 11 is 0. The molecular formula is C21H23N3O7S. The third kappa shape index (κ3) is 5.68. The third-order valence-corrected chi connectivity index (χ3v) is 6.93. The SMILES string of the molecule is O=C(CC1C(=O)NCCN1S(=O)(=O)c1ccc([N+](=O)[O-])cc1)OCCCc1ccccc1. The number of amides is 1. The Kier molecular flexibility index (Phi) is 7.54. The molecule has 1 fully saturated rings. The van der Waals surface area contributed by atoms with E-state index in [1.54, 1.807) is 0 Å². The molecule has 0 aliphatic carbocycles. The number of nitrogens with one attached hydrogen (secondary N) is 1. The average Bonchev–Trinajstić information content (AvgIpc) is 2.78. The number of rotatable bonds is 9. The van der Waals surface area contributed by atoms with Crippen LogP contribution in [0.2, 0.25) is 0 Å². The van der Waals surface area contributed by atoms with Crippen LogP contribution in [0.1, 0.15) is 18.4 Å². The summed E-state index contributed by atoms with van der Waals surface area (Å²) in [7, 11) is -4.15. The minimum atomic E-state index is -4.15. The number of carbonyl (C=O) groups excluding carboxylic acids is 2. The van der Waals surface area contributed by atoms with E-state index in [0.29, 0.717) is 6.42 Å². The lowest BCUT2D eigenvalue weighted by molar-refractivity contribution is -0.384. The van der Waals surface area contributed by atoms with Crippen molar-refractivity contribution < 1.29 is 27.7 Å². The Morgan fingerprint density at radius 3 is 2.50 bits per heavy atom. The number of benzene rings is 2. The molecule has 2 aromatic rings. The number of aryl methyl sites for hydroxylation is 1. The van der Waals surface area contributed by atoms with Gasteiger partial charge in [-0.25, -0.2) is 8.42 Å². The number of hydrogen-bond acceptors (Lipinski definition) is 7. The van der Waals surface area contributed by atoms with Gasteiger partial charge in [-0.05, 0) is 30.5 Å². The zero-order valence-corrected chi connectivity index (χ0v) is 18.0. The van der Waals surface area contributed by atoms with Gasteiger partial charge in [0, 0.05) is 25.2 Å². The quantitative estimate of drug-likeness (QED) is 0.259. The molecule has 0 saturated carbocycles. The van der Waals surface area contributed by atoms with Crippen LogP contribution < -0.4 is 5.32 Å². The van der Waals surface area contributed by atoms with Gasteiger partial charge in [0.25, 0.3) is 5.69 Å². The molecule has 1 unspecified atom stereocenters. The maximum atomic E-state index is 13.0. The van der Waals surface area contributed by atoms with Gasteiger partial charge in [0.15, 0.2) is 0 Å². The van der Waals surface area contributed by atoms with Gasteiger partial charge in [0.1, 0.15) is 6.04 Å². The van der Waals surface area contributed by atoms with E-state index >= 15 is 0 Å². The Morgan fingerprint density at radius 1 is 1.16 bits per heavy atom. The number of esters is 1. The number of sulfonamides is 1. The number of ether oxygens (including phenoxy) is 1. The zero-order chi connectivity index (χ0) is 23.1. The summed E-state index contributed by atoms with van der Waals surface area (Å²) in [5.74, 6) is -1.27. The van der Waals surface area contributed by atoms with Crippen molar-refractivity contribution in [3.05, 3.63) is 70.3 Å². The zero-order valence-electron chi connectivity index (χ0n) is 17.2. The van der Waals surface area contributed by atoms with Crippen LogP contribution >= 0.6 is 0 Å². The van der Waals surface area contributed by atoms with Crippen molar-refractivity contribution in [2.75, 3.05) is 19.7 Å². The third-order valence-electron chi connectivity index (χ3n) is 5.01. The van der Waals surface area contributed by atoms with Crippen LogP contribution in [0, 0.1) is 10.1 Å². The second kappa shape index (κ2) is 10.3. The van der Waals surface area contributed by atoms with Gasteiger partial charge in [-0.15, -0.1) is 0 Å². The molecule has 0 spiro atoms. The van der Waals surface area contributed by atoms with E-state index in [1.807, 2.05) is 30.3 Å². The molecule has 1 saturated heterocycles. The molecule has 1 atom stereocenters. The molecule has 1 heterocycles. The highest BCUT2D eigenvalue weighted by molar-refractivity contribution is 7.89. The number of piperazine rings is 1. The van der Waals surface area contributed by atoms with Gasteiger partial charge in [-0.1, -0.05) is 30.3 Å². The van der Waals surface area contributed by atoms with E-state index in [-0.39, 0.29) is 30.3 Å². The Hall–Kier alpha value is -3.31. The smallest absolute Gasteiger partial charge is 0.307 e. The molecule has 11 heteroatoms. The summed E-state index contributed by atoms with van der Waals surface area (Å²) in [4.78, 5) is 34.6. The number of nitro groups is 1. The summed E-state index contributed by atoms with van der Waals surface area (Å²) in [6.07, 6.45) is 0.888. The molecule has 2 aromatic carbocycles. The Balaban J connectivity index is 1.63. The van der Waals surface area contributed by atoms with E-state index < -0.39 is 39.3 Å². The van der Waals surface area contributed by atoms with E-state index in [4.69, 9.17) is 4.74 Å². The molecule has 0 radical (unpaired) electrons. The van der Waals surface area contributed by atoms with E-state index in [9.17, 15) is 28.1 Å². The molecule has 0 aromatic heterocycles.